The summed E-state index contributed by atoms with van der Waals surface area (Å²) in [5, 5.41) is 23.8. The van der Waals surface area contributed by atoms with Gasteiger partial charge in [0.05, 0.1) is 29.0 Å². The molecule has 0 aromatic heterocycles. The molecule has 0 bridgehead atoms. The van der Waals surface area contributed by atoms with Crippen LogP contribution in [0.4, 0.5) is 28.4 Å². The van der Waals surface area contributed by atoms with Gasteiger partial charge in [-0.05, 0) is 148 Å². The van der Waals surface area contributed by atoms with Crippen LogP contribution in [-0.4, -0.2) is 0 Å². The molecule has 0 saturated carbocycles. The third-order valence-corrected chi connectivity index (χ3v) is 12.6. The van der Waals surface area contributed by atoms with E-state index in [1.165, 1.54) is 5.56 Å². The molecule has 1 N–H and O–H groups in total. The second-order valence-electron chi connectivity index (χ2n) is 17.0. The average Bonchev–Trinajstić information content (AvgIpc) is 3.41. The molecule has 0 amide bonds. The number of hydrogen-bond acceptors (Lipinski definition) is 4. The zero-order chi connectivity index (χ0) is 46.4. The summed E-state index contributed by atoms with van der Waals surface area (Å²) < 4.78 is 0. The Bertz CT molecular complexity index is 3480. The molecule has 10 rings (SSSR count). The number of nitrogens with zero attached hydrogens (tertiary/aromatic N) is 3. The Labute approximate surface area is 398 Å². The van der Waals surface area contributed by atoms with E-state index in [2.05, 4.69) is 194 Å². The van der Waals surface area contributed by atoms with Crippen LogP contribution in [0.2, 0.25) is 0 Å². The highest BCUT2D eigenvalue weighted by molar-refractivity contribution is 5.94. The minimum atomic E-state index is 0.605. The van der Waals surface area contributed by atoms with Crippen molar-refractivity contribution in [2.45, 2.75) is 13.8 Å². The fraction of sp³-hybridized carbons (Fsp3) is 0.0312. The first kappa shape index (κ1) is 42.7. The smallest absolute Gasteiger partial charge is 0.0991 e. The van der Waals surface area contributed by atoms with Crippen molar-refractivity contribution in [1.82, 2.24) is 0 Å². The molecule has 0 aliphatic rings. The lowest BCUT2D eigenvalue weighted by atomic mass is 9.92. The number of aryl methyl sites for hydroxylation is 2. The largest absolute Gasteiger partial charge is 0.354 e. The predicted molar refractivity (Wildman–Crippen MR) is 282 cm³/mol. The SMILES string of the molecule is Cc1cc(-c2cc(C)c(Nc3ccc(C#N)cc3-c3ccccc3)c(-c3ccc(-c4ccccc4)cc3)c2)ccc1N(c1ccc(-c2ccccc2)cc1)c1ccc(C#N)cc1-c1ccccc1. The molecule has 0 aliphatic heterocycles. The van der Waals surface area contributed by atoms with Gasteiger partial charge >= 0.3 is 0 Å². The zero-order valence-electron chi connectivity index (χ0n) is 37.9. The lowest BCUT2D eigenvalue weighted by Crippen LogP contribution is -2.13. The van der Waals surface area contributed by atoms with E-state index < -0.39 is 0 Å². The number of rotatable bonds is 11. The average molecular weight is 871 g/mol. The van der Waals surface area contributed by atoms with E-state index in [-0.39, 0.29) is 0 Å². The summed E-state index contributed by atoms with van der Waals surface area (Å²) in [6, 6.07) is 86.8. The van der Waals surface area contributed by atoms with Crippen molar-refractivity contribution in [3.8, 4) is 78.9 Å². The lowest BCUT2D eigenvalue weighted by molar-refractivity contribution is 1.25. The summed E-state index contributed by atoms with van der Waals surface area (Å²) in [4.78, 5) is 2.32. The highest BCUT2D eigenvalue weighted by atomic mass is 15.1. The molecule has 322 valence electrons. The van der Waals surface area contributed by atoms with Gasteiger partial charge in [-0.3, -0.25) is 0 Å². The molecular weight excluding hydrogens is 825 g/mol. The van der Waals surface area contributed by atoms with Crippen LogP contribution in [0.15, 0.2) is 237 Å². The van der Waals surface area contributed by atoms with Crippen LogP contribution in [0.3, 0.4) is 0 Å². The maximum Gasteiger partial charge on any atom is 0.0991 e. The van der Waals surface area contributed by atoms with E-state index >= 15 is 0 Å². The van der Waals surface area contributed by atoms with Gasteiger partial charge in [0.15, 0.2) is 0 Å². The Morgan fingerprint density at radius 1 is 0.338 bits per heavy atom. The maximum atomic E-state index is 10.1. The Balaban J connectivity index is 1.10. The van der Waals surface area contributed by atoms with E-state index in [4.69, 9.17) is 0 Å². The number of benzene rings is 10. The lowest BCUT2D eigenvalue weighted by Gasteiger charge is -2.30. The van der Waals surface area contributed by atoms with Gasteiger partial charge in [0.1, 0.15) is 0 Å². The van der Waals surface area contributed by atoms with Gasteiger partial charge in [0.2, 0.25) is 0 Å². The number of anilines is 5. The minimum absolute atomic E-state index is 0.605. The Kier molecular flexibility index (Phi) is 12.0. The van der Waals surface area contributed by atoms with Crippen molar-refractivity contribution in [1.29, 1.82) is 10.5 Å². The standard InChI is InChI=1S/C64H46N4/c1-44-37-55(31-36-62(44)68(57-32-29-51(30-33-57)49-17-9-4-10-18-49)63-35-24-47(43-66)40-59(63)53-21-13-6-14-22-53)56-38-45(2)64(60(41-56)54-27-25-50(26-28-54)48-15-7-3-8-16-48)67-61-34-23-46(42-65)39-58(61)52-19-11-5-12-20-52/h3-41,67H,1-2H3. The molecule has 10 aromatic rings. The minimum Gasteiger partial charge on any atom is -0.354 e. The molecule has 68 heavy (non-hydrogen) atoms. The molecule has 4 nitrogen and oxygen atoms in total. The van der Waals surface area contributed by atoms with Crippen molar-refractivity contribution in [2.24, 2.45) is 0 Å². The molecule has 0 heterocycles. The molecule has 0 aliphatic carbocycles. The molecule has 0 fully saturated rings. The first-order valence-electron chi connectivity index (χ1n) is 22.8. The van der Waals surface area contributed by atoms with Crippen LogP contribution in [0.1, 0.15) is 22.3 Å². The van der Waals surface area contributed by atoms with Crippen LogP contribution < -0.4 is 10.2 Å². The predicted octanol–water partition coefficient (Wildman–Crippen LogP) is 17.3. The van der Waals surface area contributed by atoms with E-state index in [0.717, 1.165) is 101 Å². The fourth-order valence-electron chi connectivity index (χ4n) is 9.11. The third-order valence-electron chi connectivity index (χ3n) is 12.6. The van der Waals surface area contributed by atoms with Crippen LogP contribution in [0, 0.1) is 36.5 Å². The molecule has 10 aromatic carbocycles. The normalized spacial score (nSPS) is 10.8. The van der Waals surface area contributed by atoms with Crippen LogP contribution in [0.25, 0.3) is 66.8 Å². The summed E-state index contributed by atoms with van der Waals surface area (Å²) in [5.41, 5.74) is 21.3. The van der Waals surface area contributed by atoms with Gasteiger partial charge in [-0.1, -0.05) is 164 Å². The van der Waals surface area contributed by atoms with Crippen LogP contribution >= 0.6 is 0 Å². The van der Waals surface area contributed by atoms with Crippen molar-refractivity contribution < 1.29 is 0 Å². The Morgan fingerprint density at radius 2 is 0.765 bits per heavy atom. The van der Waals surface area contributed by atoms with Gasteiger partial charge in [0, 0.05) is 39.4 Å². The van der Waals surface area contributed by atoms with Gasteiger partial charge < -0.3 is 10.2 Å². The van der Waals surface area contributed by atoms with Crippen molar-refractivity contribution in [3.05, 3.63) is 259 Å². The highest BCUT2D eigenvalue weighted by Crippen LogP contribution is 2.45. The summed E-state index contributed by atoms with van der Waals surface area (Å²) in [5.74, 6) is 0. The molecule has 0 saturated heterocycles. The second-order valence-corrected chi connectivity index (χ2v) is 17.0. The molecule has 0 radical (unpaired) electrons. The number of nitrogens with one attached hydrogen (secondary N) is 1. The van der Waals surface area contributed by atoms with Crippen LogP contribution in [0.5, 0.6) is 0 Å². The van der Waals surface area contributed by atoms with E-state index in [0.29, 0.717) is 11.1 Å². The quantitative estimate of drug-likeness (QED) is 0.141. The van der Waals surface area contributed by atoms with Gasteiger partial charge in [-0.2, -0.15) is 10.5 Å². The zero-order valence-corrected chi connectivity index (χ0v) is 37.9. The molecular formula is C64H46N4. The molecule has 0 spiro atoms. The van der Waals surface area contributed by atoms with Gasteiger partial charge in [-0.25, -0.2) is 0 Å². The first-order chi connectivity index (χ1) is 33.4. The molecule has 4 heteroatoms. The maximum absolute atomic E-state index is 10.1. The Hall–Kier alpha value is -9.22. The van der Waals surface area contributed by atoms with Gasteiger partial charge in [0.25, 0.3) is 0 Å². The van der Waals surface area contributed by atoms with Crippen molar-refractivity contribution in [2.75, 3.05) is 10.2 Å². The van der Waals surface area contributed by atoms with Crippen molar-refractivity contribution >= 4 is 28.4 Å². The third kappa shape index (κ3) is 8.79. The summed E-state index contributed by atoms with van der Waals surface area (Å²) in [6.07, 6.45) is 0. The Morgan fingerprint density at radius 3 is 1.32 bits per heavy atom. The van der Waals surface area contributed by atoms with Crippen molar-refractivity contribution in [3.63, 3.8) is 0 Å². The van der Waals surface area contributed by atoms with E-state index in [1.54, 1.807) is 0 Å². The van der Waals surface area contributed by atoms with Crippen LogP contribution in [-0.2, 0) is 0 Å². The van der Waals surface area contributed by atoms with E-state index in [1.807, 2.05) is 78.9 Å². The van der Waals surface area contributed by atoms with E-state index in [9.17, 15) is 10.5 Å². The number of hydrogen-bond donors (Lipinski definition) is 1. The fourth-order valence-corrected chi connectivity index (χ4v) is 9.11. The summed E-state index contributed by atoms with van der Waals surface area (Å²) >= 11 is 0. The monoisotopic (exact) mass is 870 g/mol. The summed E-state index contributed by atoms with van der Waals surface area (Å²) in [6.45, 7) is 4.34. The molecule has 0 unspecified atom stereocenters. The summed E-state index contributed by atoms with van der Waals surface area (Å²) in [7, 11) is 0. The highest BCUT2D eigenvalue weighted by Gasteiger charge is 2.21. The second kappa shape index (κ2) is 19.1. The molecule has 0 atom stereocenters. The first-order valence-corrected chi connectivity index (χ1v) is 22.8. The van der Waals surface area contributed by atoms with Gasteiger partial charge in [-0.15, -0.1) is 0 Å². The topological polar surface area (TPSA) is 62.9 Å². The number of nitriles is 2.